The molecule has 0 saturated carbocycles. The molecule has 102 valence electrons. The lowest BCUT2D eigenvalue weighted by atomic mass is 10.2. The van der Waals surface area contributed by atoms with Crippen molar-refractivity contribution in [2.75, 3.05) is 6.54 Å². The van der Waals surface area contributed by atoms with Gasteiger partial charge in [0.15, 0.2) is 5.03 Å². The highest BCUT2D eigenvalue weighted by Crippen LogP contribution is 2.07. The predicted octanol–water partition coefficient (Wildman–Crippen LogP) is 0.752. The summed E-state index contributed by atoms with van der Waals surface area (Å²) in [4.78, 5) is 14.2. The zero-order valence-electron chi connectivity index (χ0n) is 10.0. The van der Waals surface area contributed by atoms with Crippen molar-refractivity contribution >= 4 is 16.0 Å². The third-order valence-electron chi connectivity index (χ3n) is 2.27. The molecule has 7 nitrogen and oxygen atoms in total. The number of hydrogen-bond donors (Lipinski definition) is 2. The molecular weight excluding hydrogens is 270 g/mol. The summed E-state index contributed by atoms with van der Waals surface area (Å²) in [5, 5.41) is 16.8. The second kappa shape index (κ2) is 6.82. The molecule has 0 spiro atoms. The number of nitrogens with one attached hydrogen (secondary N) is 1. The first-order valence-corrected chi connectivity index (χ1v) is 7.01. The Morgan fingerprint density at radius 3 is 2.68 bits per heavy atom. The van der Waals surface area contributed by atoms with E-state index in [0.717, 1.165) is 12.3 Å². The first kappa shape index (κ1) is 15.1. The van der Waals surface area contributed by atoms with Crippen LogP contribution in [0.4, 0.5) is 0 Å². The van der Waals surface area contributed by atoms with E-state index in [0.29, 0.717) is 19.3 Å². The number of carboxylic acid groups (broad SMARTS) is 1. The standard InChI is InChI=1S/C11H13N3O4S/c12-6-2-1-3-7-14-19(17,18)10-5-4-9(8-13-10)11(15)16/h4-5,8,14H,1-3,7H2,(H,15,16). The van der Waals surface area contributed by atoms with Crippen molar-refractivity contribution < 1.29 is 18.3 Å². The average molecular weight is 283 g/mol. The first-order chi connectivity index (χ1) is 8.97. The third-order valence-corrected chi connectivity index (χ3v) is 3.64. The molecule has 1 aromatic heterocycles. The zero-order chi connectivity index (χ0) is 14.3. The Bertz CT molecular complexity index is 575. The lowest BCUT2D eigenvalue weighted by Crippen LogP contribution is -2.25. The van der Waals surface area contributed by atoms with E-state index in [1.165, 1.54) is 6.07 Å². The molecule has 0 aliphatic rings. The van der Waals surface area contributed by atoms with Crippen LogP contribution in [-0.2, 0) is 10.0 Å². The smallest absolute Gasteiger partial charge is 0.337 e. The lowest BCUT2D eigenvalue weighted by molar-refractivity contribution is 0.0696. The Morgan fingerprint density at radius 1 is 1.42 bits per heavy atom. The molecular formula is C11H13N3O4S. The number of nitriles is 1. The fraction of sp³-hybridized carbons (Fsp3) is 0.364. The van der Waals surface area contributed by atoms with Crippen LogP contribution in [0.1, 0.15) is 29.6 Å². The molecule has 0 aliphatic carbocycles. The van der Waals surface area contributed by atoms with Crippen molar-refractivity contribution in [2.45, 2.75) is 24.3 Å². The van der Waals surface area contributed by atoms with Crippen LogP contribution in [0, 0.1) is 11.3 Å². The lowest BCUT2D eigenvalue weighted by Gasteiger charge is -2.05. The number of pyridine rings is 1. The molecule has 0 aliphatic heterocycles. The quantitative estimate of drug-likeness (QED) is 0.712. The van der Waals surface area contributed by atoms with Crippen molar-refractivity contribution in [3.8, 4) is 6.07 Å². The number of rotatable bonds is 7. The van der Waals surface area contributed by atoms with Crippen molar-refractivity contribution in [2.24, 2.45) is 0 Å². The van der Waals surface area contributed by atoms with Gasteiger partial charge in [-0.1, -0.05) is 0 Å². The summed E-state index contributed by atoms with van der Waals surface area (Å²) in [5.74, 6) is -1.17. The third kappa shape index (κ3) is 4.65. The van der Waals surface area contributed by atoms with Crippen LogP contribution in [-0.4, -0.2) is 31.0 Å². The second-order valence-electron chi connectivity index (χ2n) is 3.70. The fourth-order valence-electron chi connectivity index (χ4n) is 1.28. The summed E-state index contributed by atoms with van der Waals surface area (Å²) in [7, 11) is -3.73. The van der Waals surface area contributed by atoms with Gasteiger partial charge in [0, 0.05) is 19.2 Å². The van der Waals surface area contributed by atoms with E-state index >= 15 is 0 Å². The Kier molecular flexibility index (Phi) is 5.41. The van der Waals surface area contributed by atoms with Crippen LogP contribution >= 0.6 is 0 Å². The number of hydrogen-bond acceptors (Lipinski definition) is 5. The Hall–Kier alpha value is -1.98. The average Bonchev–Trinajstić information content (AvgIpc) is 2.38. The fourth-order valence-corrected chi connectivity index (χ4v) is 2.27. The van der Waals surface area contributed by atoms with E-state index in [1.807, 2.05) is 6.07 Å². The first-order valence-electron chi connectivity index (χ1n) is 5.53. The highest BCUT2D eigenvalue weighted by Gasteiger charge is 2.15. The highest BCUT2D eigenvalue weighted by atomic mass is 32.2. The van der Waals surface area contributed by atoms with Crippen LogP contribution in [0.5, 0.6) is 0 Å². The van der Waals surface area contributed by atoms with E-state index in [2.05, 4.69) is 9.71 Å². The van der Waals surface area contributed by atoms with Gasteiger partial charge in [-0.25, -0.2) is 22.9 Å². The highest BCUT2D eigenvalue weighted by molar-refractivity contribution is 7.89. The summed E-state index contributed by atoms with van der Waals surface area (Å²) >= 11 is 0. The number of nitrogens with zero attached hydrogens (tertiary/aromatic N) is 2. The molecule has 8 heteroatoms. The van der Waals surface area contributed by atoms with Gasteiger partial charge in [0.25, 0.3) is 10.0 Å². The molecule has 0 atom stereocenters. The molecule has 2 N–H and O–H groups in total. The van der Waals surface area contributed by atoms with Gasteiger partial charge in [-0.05, 0) is 25.0 Å². The summed E-state index contributed by atoms with van der Waals surface area (Å²) < 4.78 is 25.9. The van der Waals surface area contributed by atoms with Gasteiger partial charge >= 0.3 is 5.97 Å². The SMILES string of the molecule is N#CCCCCNS(=O)(=O)c1ccc(C(=O)O)cn1. The number of sulfonamides is 1. The maximum atomic E-state index is 11.8. The van der Waals surface area contributed by atoms with Crippen LogP contribution in [0.2, 0.25) is 0 Å². The van der Waals surface area contributed by atoms with Gasteiger partial charge in [-0.2, -0.15) is 5.26 Å². The van der Waals surface area contributed by atoms with Crippen LogP contribution in [0.15, 0.2) is 23.4 Å². The molecule has 1 heterocycles. The van der Waals surface area contributed by atoms with Gasteiger partial charge < -0.3 is 5.11 Å². The molecule has 1 aromatic rings. The Morgan fingerprint density at radius 2 is 2.16 bits per heavy atom. The normalized spacial score (nSPS) is 10.9. The summed E-state index contributed by atoms with van der Waals surface area (Å²) in [6.45, 7) is 0.215. The molecule has 0 radical (unpaired) electrons. The molecule has 0 aromatic carbocycles. The van der Waals surface area contributed by atoms with Crippen LogP contribution in [0.25, 0.3) is 0 Å². The van der Waals surface area contributed by atoms with E-state index in [4.69, 9.17) is 10.4 Å². The second-order valence-corrected chi connectivity index (χ2v) is 5.42. The molecule has 0 unspecified atom stereocenters. The summed E-state index contributed by atoms with van der Waals surface area (Å²) in [5.41, 5.74) is -0.0760. The molecule has 19 heavy (non-hydrogen) atoms. The number of unbranched alkanes of at least 4 members (excludes halogenated alkanes) is 2. The Balaban J connectivity index is 2.62. The molecule has 1 rings (SSSR count). The van der Waals surface area contributed by atoms with Gasteiger partial charge in [0.2, 0.25) is 0 Å². The van der Waals surface area contributed by atoms with Gasteiger partial charge in [-0.15, -0.1) is 0 Å². The maximum absolute atomic E-state index is 11.8. The number of aromatic carboxylic acids is 1. The minimum absolute atomic E-state index is 0.0760. The molecule has 0 fully saturated rings. The van der Waals surface area contributed by atoms with Crippen LogP contribution in [0.3, 0.4) is 0 Å². The van der Waals surface area contributed by atoms with E-state index in [-0.39, 0.29) is 17.1 Å². The van der Waals surface area contributed by atoms with Crippen molar-refractivity contribution in [3.05, 3.63) is 23.9 Å². The predicted molar refractivity (Wildman–Crippen MR) is 65.8 cm³/mol. The van der Waals surface area contributed by atoms with Gasteiger partial charge in [0.1, 0.15) is 0 Å². The summed E-state index contributed by atoms with van der Waals surface area (Å²) in [6, 6.07) is 4.29. The van der Waals surface area contributed by atoms with Crippen molar-refractivity contribution in [1.82, 2.24) is 9.71 Å². The summed E-state index contributed by atoms with van der Waals surface area (Å²) in [6.07, 6.45) is 2.55. The van der Waals surface area contributed by atoms with E-state index in [9.17, 15) is 13.2 Å². The number of carboxylic acids is 1. The van der Waals surface area contributed by atoms with E-state index < -0.39 is 16.0 Å². The zero-order valence-corrected chi connectivity index (χ0v) is 10.9. The van der Waals surface area contributed by atoms with Crippen LogP contribution < -0.4 is 4.72 Å². The topological polar surface area (TPSA) is 120 Å². The molecule has 0 amide bonds. The number of carbonyl (C=O) groups is 1. The minimum atomic E-state index is -3.73. The largest absolute Gasteiger partial charge is 0.478 e. The number of aromatic nitrogens is 1. The van der Waals surface area contributed by atoms with E-state index in [1.54, 1.807) is 0 Å². The molecule has 0 bridgehead atoms. The monoisotopic (exact) mass is 283 g/mol. The van der Waals surface area contributed by atoms with Gasteiger partial charge in [-0.3, -0.25) is 0 Å². The van der Waals surface area contributed by atoms with Crippen molar-refractivity contribution in [1.29, 1.82) is 5.26 Å². The Labute approximate surface area is 110 Å². The van der Waals surface area contributed by atoms with Crippen molar-refractivity contribution in [3.63, 3.8) is 0 Å². The van der Waals surface area contributed by atoms with Gasteiger partial charge in [0.05, 0.1) is 11.6 Å². The minimum Gasteiger partial charge on any atom is -0.478 e. The molecule has 0 saturated heterocycles. The maximum Gasteiger partial charge on any atom is 0.337 e.